The summed E-state index contributed by atoms with van der Waals surface area (Å²) in [4.78, 5) is 36.9. The second-order valence-electron chi connectivity index (χ2n) is 8.31. The smallest absolute Gasteiger partial charge is 0.348 e. The average Bonchev–Trinajstić information content (AvgIpc) is 3.46. The van der Waals surface area contributed by atoms with E-state index in [4.69, 9.17) is 27.5 Å². The molecule has 0 aliphatic carbocycles. The van der Waals surface area contributed by atoms with Gasteiger partial charge in [-0.3, -0.25) is 0 Å². The average molecular weight is 536 g/mol. The highest BCUT2D eigenvalue weighted by Gasteiger charge is 2.49. The van der Waals surface area contributed by atoms with Gasteiger partial charge in [-0.2, -0.15) is 21.3 Å². The van der Waals surface area contributed by atoms with Crippen LogP contribution in [0.25, 0.3) is 11.2 Å². The highest BCUT2D eigenvalue weighted by molar-refractivity contribution is 7.07. The first-order chi connectivity index (χ1) is 17.1. The molecule has 0 spiro atoms. The Morgan fingerprint density at radius 3 is 2.61 bits per heavy atom. The number of halogens is 1. The maximum absolute atomic E-state index is 12.0. The predicted octanol–water partition coefficient (Wildman–Crippen LogP) is 2.79. The SMILES string of the molecule is C#CC(Cn1cnc2c(NC(C)C)nc(Cl)nc21)C(COC(Cc1ccsc1)(C(=O)O)C(=O)O)OC. The molecule has 13 heteroatoms. The molecule has 11 nitrogen and oxygen atoms in total. The number of anilines is 1. The van der Waals surface area contributed by atoms with E-state index in [-0.39, 0.29) is 30.9 Å². The molecule has 36 heavy (non-hydrogen) atoms. The van der Waals surface area contributed by atoms with E-state index in [0.717, 1.165) is 0 Å². The number of carbonyl (C=O) groups is 2. The van der Waals surface area contributed by atoms with Gasteiger partial charge in [0.15, 0.2) is 17.0 Å². The van der Waals surface area contributed by atoms with E-state index in [0.29, 0.717) is 22.5 Å². The molecule has 0 aliphatic heterocycles. The van der Waals surface area contributed by atoms with Gasteiger partial charge in [-0.05, 0) is 47.8 Å². The van der Waals surface area contributed by atoms with Crippen molar-refractivity contribution in [3.8, 4) is 12.3 Å². The molecule has 3 rings (SSSR count). The number of nitrogens with zero attached hydrogens (tertiary/aromatic N) is 4. The van der Waals surface area contributed by atoms with Gasteiger partial charge in [-0.25, -0.2) is 14.6 Å². The van der Waals surface area contributed by atoms with Crippen molar-refractivity contribution in [1.29, 1.82) is 0 Å². The number of rotatable bonds is 13. The van der Waals surface area contributed by atoms with Gasteiger partial charge in [0, 0.05) is 26.1 Å². The molecule has 192 valence electrons. The molecule has 0 amide bonds. The number of methoxy groups -OCH3 is 1. The Bertz CT molecular complexity index is 1240. The number of ether oxygens (including phenoxy) is 2. The zero-order chi connectivity index (χ0) is 26.5. The number of fused-ring (bicyclic) bond motifs is 1. The molecular formula is C23H26ClN5O6S. The summed E-state index contributed by atoms with van der Waals surface area (Å²) in [7, 11) is 1.39. The van der Waals surface area contributed by atoms with Crippen molar-refractivity contribution in [2.24, 2.45) is 5.92 Å². The first-order valence-corrected chi connectivity index (χ1v) is 12.2. The number of carboxylic acid groups (broad SMARTS) is 2. The van der Waals surface area contributed by atoms with Gasteiger partial charge >= 0.3 is 11.9 Å². The maximum Gasteiger partial charge on any atom is 0.348 e. The number of nitrogens with one attached hydrogen (secondary N) is 1. The Labute approximate surface area is 216 Å². The fourth-order valence-electron chi connectivity index (χ4n) is 3.59. The fraction of sp³-hybridized carbons (Fsp3) is 0.435. The van der Waals surface area contributed by atoms with Crippen LogP contribution in [0.15, 0.2) is 23.2 Å². The highest BCUT2D eigenvalue weighted by atomic mass is 35.5. The monoisotopic (exact) mass is 535 g/mol. The van der Waals surface area contributed by atoms with Crippen molar-refractivity contribution in [1.82, 2.24) is 19.5 Å². The van der Waals surface area contributed by atoms with Crippen molar-refractivity contribution in [3.63, 3.8) is 0 Å². The normalized spacial score (nSPS) is 13.4. The minimum Gasteiger partial charge on any atom is -0.479 e. The molecule has 2 atom stereocenters. The summed E-state index contributed by atoms with van der Waals surface area (Å²) in [6.45, 7) is 3.68. The molecule has 3 aromatic heterocycles. The standard InChI is InChI=1S/C23H26ClN5O6S/c1-5-15(9-29-12-25-17-18(26-13(2)3)27-22(24)28-19(17)29)16(34-4)10-35-23(20(30)31,21(32)33)8-14-6-7-36-11-14/h1,6-7,11-13,15-16H,8-10H2,2-4H3,(H,30,31)(H,32,33)(H,26,27,28). The summed E-state index contributed by atoms with van der Waals surface area (Å²) in [5.74, 6) is -0.794. The van der Waals surface area contributed by atoms with Crippen molar-refractivity contribution in [2.75, 3.05) is 19.0 Å². The third kappa shape index (κ3) is 5.93. The number of aliphatic carboxylic acids is 2. The van der Waals surface area contributed by atoms with Crippen LogP contribution in [-0.2, 0) is 32.0 Å². The molecule has 0 saturated carbocycles. The molecule has 0 aromatic carbocycles. The minimum absolute atomic E-state index is 0.0254. The van der Waals surface area contributed by atoms with Crippen LogP contribution in [0, 0.1) is 18.3 Å². The van der Waals surface area contributed by atoms with Gasteiger partial charge in [-0.1, -0.05) is 5.92 Å². The van der Waals surface area contributed by atoms with E-state index in [9.17, 15) is 19.8 Å². The first-order valence-electron chi connectivity index (χ1n) is 10.9. The van der Waals surface area contributed by atoms with Gasteiger partial charge < -0.3 is 29.6 Å². The summed E-state index contributed by atoms with van der Waals surface area (Å²) in [5.41, 5.74) is -1.03. The molecule has 0 radical (unpaired) electrons. The van der Waals surface area contributed by atoms with Gasteiger partial charge in [0.1, 0.15) is 0 Å². The zero-order valence-electron chi connectivity index (χ0n) is 19.8. The lowest BCUT2D eigenvalue weighted by atomic mass is 9.95. The third-order valence-corrected chi connectivity index (χ3v) is 6.34. The molecule has 3 aromatic rings. The van der Waals surface area contributed by atoms with Crippen LogP contribution >= 0.6 is 22.9 Å². The third-order valence-electron chi connectivity index (χ3n) is 5.44. The number of imidazole rings is 1. The molecule has 0 fully saturated rings. The molecular weight excluding hydrogens is 510 g/mol. The number of carboxylic acids is 2. The van der Waals surface area contributed by atoms with Crippen LogP contribution in [0.3, 0.4) is 0 Å². The van der Waals surface area contributed by atoms with Crippen molar-refractivity contribution >= 4 is 51.9 Å². The largest absolute Gasteiger partial charge is 0.479 e. The highest BCUT2D eigenvalue weighted by Crippen LogP contribution is 2.25. The summed E-state index contributed by atoms with van der Waals surface area (Å²) in [6, 6.07) is 1.72. The van der Waals surface area contributed by atoms with Crippen LogP contribution in [0.2, 0.25) is 5.28 Å². The van der Waals surface area contributed by atoms with E-state index in [1.807, 2.05) is 13.8 Å². The van der Waals surface area contributed by atoms with Crippen molar-refractivity contribution in [3.05, 3.63) is 34.0 Å². The number of thiophene rings is 1. The van der Waals surface area contributed by atoms with Crippen LogP contribution < -0.4 is 5.32 Å². The maximum atomic E-state index is 12.0. The Kier molecular flexibility index (Phi) is 8.86. The van der Waals surface area contributed by atoms with Gasteiger partial charge in [0.2, 0.25) is 5.28 Å². The number of aromatic nitrogens is 4. The van der Waals surface area contributed by atoms with E-state index < -0.39 is 29.6 Å². The van der Waals surface area contributed by atoms with Crippen LogP contribution in [0.5, 0.6) is 0 Å². The second kappa shape index (κ2) is 11.7. The lowest BCUT2D eigenvalue weighted by Gasteiger charge is -2.29. The van der Waals surface area contributed by atoms with Crippen LogP contribution in [0.1, 0.15) is 19.4 Å². The molecule has 0 saturated heterocycles. The number of hydrogen-bond acceptors (Lipinski definition) is 9. The predicted molar refractivity (Wildman–Crippen MR) is 134 cm³/mol. The van der Waals surface area contributed by atoms with Gasteiger partial charge in [-0.15, -0.1) is 6.42 Å². The Morgan fingerprint density at radius 1 is 1.33 bits per heavy atom. The molecule has 2 unspecified atom stereocenters. The number of terminal acetylenes is 1. The number of hydrogen-bond donors (Lipinski definition) is 3. The summed E-state index contributed by atoms with van der Waals surface area (Å²) in [6.07, 6.45) is 6.13. The van der Waals surface area contributed by atoms with E-state index in [2.05, 4.69) is 26.2 Å². The van der Waals surface area contributed by atoms with E-state index >= 15 is 0 Å². The lowest BCUT2D eigenvalue weighted by molar-refractivity contribution is -0.188. The second-order valence-corrected chi connectivity index (χ2v) is 9.43. The Balaban J connectivity index is 1.84. The molecule has 3 N–H and O–H groups in total. The quantitative estimate of drug-likeness (QED) is 0.169. The molecule has 0 bridgehead atoms. The van der Waals surface area contributed by atoms with E-state index in [1.165, 1.54) is 24.8 Å². The van der Waals surface area contributed by atoms with Crippen LogP contribution in [0.4, 0.5) is 5.82 Å². The van der Waals surface area contributed by atoms with Crippen LogP contribution in [-0.4, -0.2) is 73.1 Å². The topological polar surface area (TPSA) is 149 Å². The fourth-order valence-corrected chi connectivity index (χ4v) is 4.42. The first kappa shape index (κ1) is 27.3. The van der Waals surface area contributed by atoms with Gasteiger partial charge in [0.05, 0.1) is 25.0 Å². The minimum atomic E-state index is -2.50. The molecule has 3 heterocycles. The Morgan fingerprint density at radius 2 is 2.06 bits per heavy atom. The molecule has 0 aliphatic rings. The van der Waals surface area contributed by atoms with Crippen molar-refractivity contribution in [2.45, 2.75) is 44.6 Å². The Hall–Kier alpha value is -3.24. The van der Waals surface area contributed by atoms with Crippen molar-refractivity contribution < 1.29 is 29.3 Å². The lowest BCUT2D eigenvalue weighted by Crippen LogP contribution is -2.52. The summed E-state index contributed by atoms with van der Waals surface area (Å²) in [5, 5.41) is 26.2. The zero-order valence-corrected chi connectivity index (χ0v) is 21.4. The van der Waals surface area contributed by atoms with E-state index in [1.54, 1.807) is 21.4 Å². The summed E-state index contributed by atoms with van der Waals surface area (Å²) >= 11 is 7.44. The van der Waals surface area contributed by atoms with Gasteiger partial charge in [0.25, 0.3) is 5.60 Å². The summed E-state index contributed by atoms with van der Waals surface area (Å²) < 4.78 is 12.7.